The number of nitrogens with two attached hydrogens (primary N) is 1. The van der Waals surface area contributed by atoms with Gasteiger partial charge in [-0.1, -0.05) is 43.3 Å². The molecule has 1 aromatic carbocycles. The smallest absolute Gasteiger partial charge is 0.230 e. The molecule has 0 amide bonds. The number of hydrogen-bond donors (Lipinski definition) is 1. The average molecular weight is 363 g/mol. The number of hydrogen-bond acceptors (Lipinski definition) is 4. The minimum absolute atomic E-state index is 0.354. The van der Waals surface area contributed by atoms with Crippen molar-refractivity contribution in [3.05, 3.63) is 45.7 Å². The Bertz CT molecular complexity index is 759. The predicted octanol–water partition coefficient (Wildman–Crippen LogP) is 5.54. The third-order valence-corrected chi connectivity index (χ3v) is 5.02. The topological polar surface area (TPSA) is 52.0 Å². The van der Waals surface area contributed by atoms with E-state index in [4.69, 9.17) is 10.3 Å². The summed E-state index contributed by atoms with van der Waals surface area (Å²) in [5.41, 5.74) is 9.96. The fourth-order valence-corrected chi connectivity index (χ4v) is 3.60. The monoisotopic (exact) mass is 362 g/mol. The number of rotatable bonds is 3. The molecule has 0 aliphatic rings. The first-order valence-corrected chi connectivity index (χ1v) is 8.28. The lowest BCUT2D eigenvalue weighted by atomic mass is 9.98. The van der Waals surface area contributed by atoms with Crippen molar-refractivity contribution in [3.63, 3.8) is 0 Å². The zero-order valence-corrected chi connectivity index (χ0v) is 14.2. The molecule has 0 aliphatic heterocycles. The van der Waals surface area contributed by atoms with E-state index in [-0.39, 0.29) is 0 Å². The fraction of sp³-hybridized carbons (Fsp3) is 0.188. The molecular weight excluding hydrogens is 348 g/mol. The molecule has 0 spiro atoms. The van der Waals surface area contributed by atoms with Gasteiger partial charge in [-0.05, 0) is 45.1 Å². The van der Waals surface area contributed by atoms with Crippen LogP contribution in [0, 0.1) is 0 Å². The lowest BCUT2D eigenvalue weighted by molar-refractivity contribution is 0.439. The van der Waals surface area contributed by atoms with Crippen molar-refractivity contribution in [3.8, 4) is 21.7 Å². The summed E-state index contributed by atoms with van der Waals surface area (Å²) >= 11 is 5.08. The van der Waals surface area contributed by atoms with Gasteiger partial charge in [0.15, 0.2) is 0 Å². The van der Waals surface area contributed by atoms with E-state index in [9.17, 15) is 0 Å². The lowest BCUT2D eigenvalue weighted by Gasteiger charge is -2.07. The number of nitrogens with zero attached hydrogens (tertiary/aromatic N) is 1. The van der Waals surface area contributed by atoms with E-state index < -0.39 is 0 Å². The second kappa shape index (κ2) is 5.66. The Kier molecular flexibility index (Phi) is 3.87. The number of halogens is 1. The van der Waals surface area contributed by atoms with Gasteiger partial charge in [-0.3, -0.25) is 0 Å². The number of benzene rings is 1. The first-order valence-electron chi connectivity index (χ1n) is 6.67. The molecule has 0 bridgehead atoms. The largest absolute Gasteiger partial charge is 0.367 e. The Morgan fingerprint density at radius 1 is 1.14 bits per heavy atom. The van der Waals surface area contributed by atoms with Crippen LogP contribution in [-0.2, 0) is 0 Å². The highest BCUT2D eigenvalue weighted by molar-refractivity contribution is 9.11. The zero-order chi connectivity index (χ0) is 15.0. The Balaban J connectivity index is 2.08. The van der Waals surface area contributed by atoms with Crippen molar-refractivity contribution in [1.82, 2.24) is 5.16 Å². The van der Waals surface area contributed by atoms with Crippen molar-refractivity contribution >= 4 is 33.2 Å². The van der Waals surface area contributed by atoms with E-state index in [1.807, 2.05) is 12.1 Å². The second-order valence-corrected chi connectivity index (χ2v) is 7.61. The molecule has 108 valence electrons. The molecule has 2 aromatic heterocycles. The number of thiophene rings is 1. The Labute approximate surface area is 135 Å². The molecule has 3 nitrogen and oxygen atoms in total. The highest BCUT2D eigenvalue weighted by Gasteiger charge is 2.18. The molecule has 21 heavy (non-hydrogen) atoms. The summed E-state index contributed by atoms with van der Waals surface area (Å²) in [6.07, 6.45) is 0. The van der Waals surface area contributed by atoms with E-state index >= 15 is 0 Å². The minimum atomic E-state index is 0.354. The second-order valence-electron chi connectivity index (χ2n) is 5.15. The first-order chi connectivity index (χ1) is 10.1. The first kappa shape index (κ1) is 14.4. The van der Waals surface area contributed by atoms with E-state index in [1.54, 1.807) is 11.3 Å². The van der Waals surface area contributed by atoms with Gasteiger partial charge in [0.1, 0.15) is 5.69 Å². The number of aromatic nitrogens is 1. The highest BCUT2D eigenvalue weighted by atomic mass is 79.9. The lowest BCUT2D eigenvalue weighted by Crippen LogP contribution is -1.89. The van der Waals surface area contributed by atoms with Crippen LogP contribution in [-0.4, -0.2) is 5.16 Å². The summed E-state index contributed by atoms with van der Waals surface area (Å²) in [5.74, 6) is 0.860. The average Bonchev–Trinajstić information content (AvgIpc) is 3.05. The van der Waals surface area contributed by atoms with Crippen LogP contribution in [0.1, 0.15) is 25.3 Å². The highest BCUT2D eigenvalue weighted by Crippen LogP contribution is 2.40. The molecule has 0 saturated carbocycles. The molecule has 0 aliphatic carbocycles. The summed E-state index contributed by atoms with van der Waals surface area (Å²) in [4.78, 5) is 1.03. The van der Waals surface area contributed by atoms with E-state index in [1.165, 1.54) is 5.56 Å². The molecule has 0 saturated heterocycles. The summed E-state index contributed by atoms with van der Waals surface area (Å²) in [5, 5.41) is 4.12. The Morgan fingerprint density at radius 3 is 2.43 bits per heavy atom. The maximum Gasteiger partial charge on any atom is 0.230 e. The van der Waals surface area contributed by atoms with E-state index in [0.29, 0.717) is 11.8 Å². The van der Waals surface area contributed by atoms with Crippen LogP contribution in [0.25, 0.3) is 21.7 Å². The molecular formula is C16H15BrN2OS. The quantitative estimate of drug-likeness (QED) is 0.665. The molecule has 3 rings (SSSR count). The standard InChI is InChI=1S/C16H15BrN2OS/c1-9(2)10-3-5-11(6-4-10)14-15(19-20-16(14)18)12-7-8-13(17)21-12/h3-9H,18H2,1-2H3. The van der Waals surface area contributed by atoms with Gasteiger partial charge in [0, 0.05) is 0 Å². The van der Waals surface area contributed by atoms with Crippen molar-refractivity contribution < 1.29 is 4.52 Å². The Hall–Kier alpha value is -1.59. The normalized spacial score (nSPS) is 11.2. The van der Waals surface area contributed by atoms with Crippen LogP contribution in [0.5, 0.6) is 0 Å². The molecule has 2 heterocycles. The molecule has 0 radical (unpaired) electrons. The minimum Gasteiger partial charge on any atom is -0.367 e. The number of nitrogen functional groups attached to an aromatic ring is 1. The Morgan fingerprint density at radius 2 is 1.86 bits per heavy atom. The van der Waals surface area contributed by atoms with Gasteiger partial charge in [-0.2, -0.15) is 0 Å². The summed E-state index contributed by atoms with van der Waals surface area (Å²) in [6.45, 7) is 4.36. The number of anilines is 1. The summed E-state index contributed by atoms with van der Waals surface area (Å²) in [6, 6.07) is 12.4. The van der Waals surface area contributed by atoms with Gasteiger partial charge in [-0.15, -0.1) is 11.3 Å². The molecule has 2 N–H and O–H groups in total. The van der Waals surface area contributed by atoms with Crippen molar-refractivity contribution in [2.75, 3.05) is 5.73 Å². The molecule has 0 fully saturated rings. The van der Waals surface area contributed by atoms with Gasteiger partial charge >= 0.3 is 0 Å². The summed E-state index contributed by atoms with van der Waals surface area (Å²) in [7, 11) is 0. The van der Waals surface area contributed by atoms with Gasteiger partial charge < -0.3 is 10.3 Å². The van der Waals surface area contributed by atoms with Crippen molar-refractivity contribution in [2.45, 2.75) is 19.8 Å². The SMILES string of the molecule is CC(C)c1ccc(-c2c(-c3ccc(Br)s3)noc2N)cc1. The summed E-state index contributed by atoms with van der Waals surface area (Å²) < 4.78 is 6.27. The third kappa shape index (κ3) is 2.76. The van der Waals surface area contributed by atoms with E-state index in [0.717, 1.165) is 25.5 Å². The third-order valence-electron chi connectivity index (χ3n) is 3.39. The van der Waals surface area contributed by atoms with Crippen molar-refractivity contribution in [2.24, 2.45) is 0 Å². The van der Waals surface area contributed by atoms with Gasteiger partial charge in [0.2, 0.25) is 5.88 Å². The van der Waals surface area contributed by atoms with Crippen LogP contribution in [0.4, 0.5) is 5.88 Å². The van der Waals surface area contributed by atoms with Crippen LogP contribution in [0.3, 0.4) is 0 Å². The van der Waals surface area contributed by atoms with Crippen molar-refractivity contribution in [1.29, 1.82) is 0 Å². The molecule has 5 heteroatoms. The zero-order valence-electron chi connectivity index (χ0n) is 11.8. The van der Waals surface area contributed by atoms with Gasteiger partial charge in [-0.25, -0.2) is 0 Å². The van der Waals surface area contributed by atoms with Gasteiger partial charge in [0.25, 0.3) is 0 Å². The molecule has 3 aromatic rings. The van der Waals surface area contributed by atoms with Crippen LogP contribution in [0.2, 0.25) is 0 Å². The maximum atomic E-state index is 5.98. The molecule has 0 atom stereocenters. The van der Waals surface area contributed by atoms with E-state index in [2.05, 4.69) is 59.2 Å². The molecule has 0 unspecified atom stereocenters. The van der Waals surface area contributed by atoms with Gasteiger partial charge in [0.05, 0.1) is 14.2 Å². The van der Waals surface area contributed by atoms with Crippen LogP contribution in [0.15, 0.2) is 44.7 Å². The maximum absolute atomic E-state index is 5.98. The predicted molar refractivity (Wildman–Crippen MR) is 91.5 cm³/mol. The van der Waals surface area contributed by atoms with Crippen LogP contribution >= 0.6 is 27.3 Å². The fourth-order valence-electron chi connectivity index (χ4n) is 2.23. The van der Waals surface area contributed by atoms with Crippen LogP contribution < -0.4 is 5.73 Å².